The van der Waals surface area contributed by atoms with Crippen molar-refractivity contribution in [2.24, 2.45) is 7.05 Å². The lowest BCUT2D eigenvalue weighted by atomic mass is 9.96. The number of carbonyl (C=O) groups excluding carboxylic acids is 1. The first-order valence-electron chi connectivity index (χ1n) is 12.2. The van der Waals surface area contributed by atoms with Crippen LogP contribution in [0.2, 0.25) is 0 Å². The number of imidazole rings is 1. The van der Waals surface area contributed by atoms with Crippen LogP contribution >= 0.6 is 23.1 Å². The van der Waals surface area contributed by atoms with E-state index in [1.54, 1.807) is 43.0 Å². The minimum absolute atomic E-state index is 0.240. The zero-order valence-corrected chi connectivity index (χ0v) is 23.2. The SMILES string of the molecule is CSCC[C@H](NC(=O)c1ccc(COC(Cc2cncn2C)c2nccs2)cc1-c1ccc(F)cc1)C(=O)O. The van der Waals surface area contributed by atoms with Crippen LogP contribution in [0.3, 0.4) is 0 Å². The Bertz CT molecular complexity index is 1390. The number of ether oxygens (including phenoxy) is 1. The van der Waals surface area contributed by atoms with Gasteiger partial charge in [-0.15, -0.1) is 11.3 Å². The summed E-state index contributed by atoms with van der Waals surface area (Å²) in [7, 11) is 1.93. The lowest BCUT2D eigenvalue weighted by Crippen LogP contribution is -2.41. The second kappa shape index (κ2) is 13.5. The van der Waals surface area contributed by atoms with Crippen LogP contribution in [0.25, 0.3) is 11.1 Å². The maximum absolute atomic E-state index is 13.7. The minimum atomic E-state index is -1.09. The molecule has 0 radical (unpaired) electrons. The minimum Gasteiger partial charge on any atom is -0.480 e. The van der Waals surface area contributed by atoms with Gasteiger partial charge in [-0.05, 0) is 59.4 Å². The van der Waals surface area contributed by atoms with Gasteiger partial charge in [-0.3, -0.25) is 4.79 Å². The number of carboxylic acid groups (broad SMARTS) is 1. The molecule has 2 aromatic carbocycles. The van der Waals surface area contributed by atoms with Gasteiger partial charge in [0.1, 0.15) is 23.0 Å². The molecular weight excluding hydrogens is 539 g/mol. The van der Waals surface area contributed by atoms with Crippen LogP contribution in [0.5, 0.6) is 0 Å². The fraction of sp³-hybridized carbons (Fsp3) is 0.286. The van der Waals surface area contributed by atoms with Gasteiger partial charge in [0.2, 0.25) is 0 Å². The van der Waals surface area contributed by atoms with Crippen molar-refractivity contribution in [3.05, 3.63) is 94.2 Å². The molecule has 0 fully saturated rings. The zero-order chi connectivity index (χ0) is 27.8. The van der Waals surface area contributed by atoms with E-state index in [0.29, 0.717) is 35.3 Å². The fourth-order valence-corrected chi connectivity index (χ4v) is 5.21. The van der Waals surface area contributed by atoms with Crippen molar-refractivity contribution < 1.29 is 23.8 Å². The first-order chi connectivity index (χ1) is 18.9. The smallest absolute Gasteiger partial charge is 0.326 e. The van der Waals surface area contributed by atoms with Crippen molar-refractivity contribution in [3.63, 3.8) is 0 Å². The quantitative estimate of drug-likeness (QED) is 0.231. The summed E-state index contributed by atoms with van der Waals surface area (Å²) in [6.07, 6.45) is 7.74. The number of thioether (sulfide) groups is 1. The van der Waals surface area contributed by atoms with Gasteiger partial charge in [0.25, 0.3) is 5.91 Å². The molecule has 8 nitrogen and oxygen atoms in total. The number of rotatable bonds is 13. The van der Waals surface area contributed by atoms with E-state index >= 15 is 0 Å². The standard InChI is InChI=1S/C28H29FN4O4S2/c1-33-17-30-15-21(33)14-25(27-31-10-12-39-27)37-16-18-3-8-22(23(13-18)19-4-6-20(29)7-5-19)26(34)32-24(28(35)36)9-11-38-2/h3-8,10,12-13,15,17,24-25H,9,11,14,16H2,1-2H3,(H,32,34)(H,35,36)/t24-,25?/m0/s1. The van der Waals surface area contributed by atoms with Crippen molar-refractivity contribution >= 4 is 35.0 Å². The molecule has 0 aliphatic carbocycles. The van der Waals surface area contributed by atoms with E-state index in [9.17, 15) is 19.1 Å². The Morgan fingerprint density at radius 2 is 2.03 bits per heavy atom. The molecule has 2 N–H and O–H groups in total. The average molecular weight is 569 g/mol. The van der Waals surface area contributed by atoms with Gasteiger partial charge in [-0.2, -0.15) is 11.8 Å². The molecule has 2 atom stereocenters. The number of halogens is 1. The molecule has 4 rings (SSSR count). The molecule has 2 aromatic heterocycles. The Hall–Kier alpha value is -3.54. The van der Waals surface area contributed by atoms with Gasteiger partial charge in [-0.25, -0.2) is 19.2 Å². The number of carboxylic acids is 1. The maximum atomic E-state index is 13.7. The molecule has 11 heteroatoms. The second-order valence-electron chi connectivity index (χ2n) is 8.90. The van der Waals surface area contributed by atoms with Gasteiger partial charge >= 0.3 is 5.97 Å². The van der Waals surface area contributed by atoms with Gasteiger partial charge < -0.3 is 19.7 Å². The molecule has 0 aliphatic heterocycles. The molecule has 0 aliphatic rings. The molecule has 0 spiro atoms. The number of benzene rings is 2. The summed E-state index contributed by atoms with van der Waals surface area (Å²) in [6.45, 7) is 0.240. The maximum Gasteiger partial charge on any atom is 0.326 e. The van der Waals surface area contributed by atoms with Crippen molar-refractivity contribution in [1.82, 2.24) is 19.9 Å². The van der Waals surface area contributed by atoms with Crippen LogP contribution in [0.4, 0.5) is 4.39 Å². The summed E-state index contributed by atoms with van der Waals surface area (Å²) in [5.74, 6) is -1.40. The van der Waals surface area contributed by atoms with E-state index < -0.39 is 23.7 Å². The predicted octanol–water partition coefficient (Wildman–Crippen LogP) is 5.12. The number of nitrogens with zero attached hydrogens (tertiary/aromatic N) is 3. The normalized spacial score (nSPS) is 12.7. The van der Waals surface area contributed by atoms with Crippen LogP contribution in [-0.2, 0) is 29.6 Å². The van der Waals surface area contributed by atoms with Crippen LogP contribution in [0.1, 0.15) is 39.1 Å². The topological polar surface area (TPSA) is 106 Å². The molecule has 0 bridgehead atoms. The number of amides is 1. The number of aromatic nitrogens is 3. The molecule has 1 unspecified atom stereocenters. The van der Waals surface area contributed by atoms with Gasteiger partial charge in [0.05, 0.1) is 12.9 Å². The van der Waals surface area contributed by atoms with Crippen LogP contribution in [0.15, 0.2) is 66.6 Å². The molecule has 39 heavy (non-hydrogen) atoms. The number of hydrogen-bond acceptors (Lipinski definition) is 7. The highest BCUT2D eigenvalue weighted by atomic mass is 32.2. The van der Waals surface area contributed by atoms with Crippen LogP contribution in [0, 0.1) is 5.82 Å². The van der Waals surface area contributed by atoms with E-state index in [2.05, 4.69) is 15.3 Å². The van der Waals surface area contributed by atoms with E-state index in [4.69, 9.17) is 4.74 Å². The third-order valence-corrected chi connectivity index (χ3v) is 7.70. The van der Waals surface area contributed by atoms with Crippen LogP contribution in [-0.4, -0.2) is 49.6 Å². The largest absolute Gasteiger partial charge is 0.480 e. The first-order valence-corrected chi connectivity index (χ1v) is 14.5. The number of aliphatic carboxylic acids is 1. The van der Waals surface area contributed by atoms with Crippen molar-refractivity contribution in [2.75, 3.05) is 12.0 Å². The Balaban J connectivity index is 1.60. The summed E-state index contributed by atoms with van der Waals surface area (Å²) < 4.78 is 21.9. The van der Waals surface area contributed by atoms with Gasteiger partial charge in [-0.1, -0.05) is 18.2 Å². The van der Waals surface area contributed by atoms with Crippen molar-refractivity contribution in [2.45, 2.75) is 31.6 Å². The highest BCUT2D eigenvalue weighted by Crippen LogP contribution is 2.29. The molecule has 0 saturated carbocycles. The highest BCUT2D eigenvalue weighted by Gasteiger charge is 2.23. The Labute approximate surface area is 234 Å². The van der Waals surface area contributed by atoms with E-state index in [0.717, 1.165) is 16.3 Å². The summed E-state index contributed by atoms with van der Waals surface area (Å²) in [6, 6.07) is 10.1. The Kier molecular flexibility index (Phi) is 9.85. The molecule has 204 valence electrons. The highest BCUT2D eigenvalue weighted by molar-refractivity contribution is 7.98. The summed E-state index contributed by atoms with van der Waals surface area (Å²) >= 11 is 3.02. The van der Waals surface area contributed by atoms with Gasteiger partial charge in [0.15, 0.2) is 0 Å². The molecule has 4 aromatic rings. The fourth-order valence-electron chi connectivity index (χ4n) is 4.06. The molecule has 2 heterocycles. The lowest BCUT2D eigenvalue weighted by molar-refractivity contribution is -0.139. The molecular formula is C28H29FN4O4S2. The van der Waals surface area contributed by atoms with Crippen molar-refractivity contribution in [1.29, 1.82) is 0 Å². The third-order valence-electron chi connectivity index (χ3n) is 6.19. The number of nitrogens with one attached hydrogen (secondary N) is 1. The summed E-state index contributed by atoms with van der Waals surface area (Å²) in [4.78, 5) is 33.6. The molecule has 0 saturated heterocycles. The Morgan fingerprint density at radius 1 is 1.23 bits per heavy atom. The first kappa shape index (κ1) is 28.5. The van der Waals surface area contributed by atoms with Gasteiger partial charge in [0, 0.05) is 42.5 Å². The summed E-state index contributed by atoms with van der Waals surface area (Å²) in [5.41, 5.74) is 3.29. The van der Waals surface area contributed by atoms with E-state index in [1.165, 1.54) is 35.2 Å². The lowest BCUT2D eigenvalue weighted by Gasteiger charge is -2.18. The predicted molar refractivity (Wildman–Crippen MR) is 150 cm³/mol. The second-order valence-corrected chi connectivity index (χ2v) is 10.8. The third kappa shape index (κ3) is 7.53. The Morgan fingerprint density at radius 3 is 2.67 bits per heavy atom. The zero-order valence-electron chi connectivity index (χ0n) is 21.5. The summed E-state index contributed by atoms with van der Waals surface area (Å²) in [5, 5.41) is 15.0. The number of thiazole rings is 1. The van der Waals surface area contributed by atoms with Crippen molar-refractivity contribution in [3.8, 4) is 11.1 Å². The monoisotopic (exact) mass is 568 g/mol. The molecule has 1 amide bonds. The van der Waals surface area contributed by atoms with E-state index in [-0.39, 0.29) is 12.7 Å². The number of aryl methyl sites for hydroxylation is 1. The number of carbonyl (C=O) groups is 2. The average Bonchev–Trinajstić information content (AvgIpc) is 3.61. The number of hydrogen-bond donors (Lipinski definition) is 2. The van der Waals surface area contributed by atoms with E-state index in [1.807, 2.05) is 29.3 Å². The van der Waals surface area contributed by atoms with Crippen LogP contribution < -0.4 is 5.32 Å².